The molecule has 0 aliphatic heterocycles. The topological polar surface area (TPSA) is 99.8 Å². The van der Waals surface area contributed by atoms with Crippen LogP contribution in [-0.4, -0.2) is 29.3 Å². The van der Waals surface area contributed by atoms with Crippen LogP contribution in [0.15, 0.2) is 76.1 Å². The maximum absolute atomic E-state index is 12.9. The highest BCUT2D eigenvalue weighted by Crippen LogP contribution is 2.26. The highest BCUT2D eigenvalue weighted by molar-refractivity contribution is 6.06. The molecule has 8 heteroatoms. The molecule has 0 aliphatic carbocycles. The van der Waals surface area contributed by atoms with Crippen LogP contribution in [0.1, 0.15) is 31.1 Å². The summed E-state index contributed by atoms with van der Waals surface area (Å²) in [7, 11) is 1.47. The molecule has 0 bridgehead atoms. The van der Waals surface area contributed by atoms with E-state index in [1.165, 1.54) is 17.7 Å². The number of amides is 1. The van der Waals surface area contributed by atoms with E-state index in [2.05, 4.69) is 5.32 Å². The van der Waals surface area contributed by atoms with Crippen LogP contribution in [-0.2, 0) is 4.74 Å². The summed E-state index contributed by atoms with van der Waals surface area (Å²) in [6.07, 6.45) is 1.11. The zero-order valence-electron chi connectivity index (χ0n) is 19.2. The molecule has 1 N–H and O–H groups in total. The lowest BCUT2D eigenvalue weighted by molar-refractivity contribution is 0.0540. The van der Waals surface area contributed by atoms with Crippen LogP contribution in [0.5, 0.6) is 5.75 Å². The standard InChI is InChI=1S/C26H24N2O6/c1-26(2,3)34-25(31)28-13-7-11-20(28)16-8-5-10-18(14-16)27-23(29)19-15-17-9-6-12-21(32-4)22(17)33-24(19)30/h5-15H,1-4H3,(H,27,29). The van der Waals surface area contributed by atoms with Crippen molar-refractivity contribution in [2.75, 3.05) is 12.4 Å². The molecular weight excluding hydrogens is 436 g/mol. The molecule has 0 saturated heterocycles. The Balaban J connectivity index is 1.62. The molecule has 0 radical (unpaired) electrons. The van der Waals surface area contributed by atoms with Crippen molar-refractivity contribution in [2.24, 2.45) is 0 Å². The van der Waals surface area contributed by atoms with Crippen molar-refractivity contribution in [3.8, 4) is 17.0 Å². The number of hydrogen-bond donors (Lipinski definition) is 1. The van der Waals surface area contributed by atoms with E-state index in [0.29, 0.717) is 28.1 Å². The normalized spacial score (nSPS) is 11.3. The molecule has 0 fully saturated rings. The number of fused-ring (bicyclic) bond motifs is 1. The molecule has 8 nitrogen and oxygen atoms in total. The minimum Gasteiger partial charge on any atom is -0.493 e. The second-order valence-corrected chi connectivity index (χ2v) is 8.60. The Hall–Kier alpha value is -4.33. The van der Waals surface area contributed by atoms with Crippen LogP contribution in [0.25, 0.3) is 22.2 Å². The molecule has 34 heavy (non-hydrogen) atoms. The van der Waals surface area contributed by atoms with E-state index in [0.717, 1.165) is 0 Å². The molecule has 0 saturated carbocycles. The molecule has 2 aromatic carbocycles. The average Bonchev–Trinajstić information content (AvgIpc) is 3.27. The smallest absolute Gasteiger partial charge is 0.418 e. The highest BCUT2D eigenvalue weighted by Gasteiger charge is 2.20. The predicted octanol–water partition coefficient (Wildman–Crippen LogP) is 5.31. The van der Waals surface area contributed by atoms with Crippen LogP contribution in [0.3, 0.4) is 0 Å². The van der Waals surface area contributed by atoms with Gasteiger partial charge in [-0.05, 0) is 57.2 Å². The van der Waals surface area contributed by atoms with Gasteiger partial charge in [0.25, 0.3) is 5.91 Å². The summed E-state index contributed by atoms with van der Waals surface area (Å²) in [5.41, 5.74) is 0.458. The van der Waals surface area contributed by atoms with Crippen molar-refractivity contribution in [1.29, 1.82) is 0 Å². The number of nitrogens with one attached hydrogen (secondary N) is 1. The van der Waals surface area contributed by atoms with Gasteiger partial charge in [0.2, 0.25) is 0 Å². The molecule has 1 amide bonds. The number of carbonyl (C=O) groups is 2. The van der Waals surface area contributed by atoms with Gasteiger partial charge < -0.3 is 19.2 Å². The fraction of sp³-hybridized carbons (Fsp3) is 0.192. The molecule has 4 aromatic rings. The molecule has 4 rings (SSSR count). The van der Waals surface area contributed by atoms with Crippen molar-refractivity contribution in [3.05, 3.63) is 82.8 Å². The first-order valence-electron chi connectivity index (χ1n) is 10.6. The van der Waals surface area contributed by atoms with Gasteiger partial charge in [0.15, 0.2) is 11.3 Å². The minimum atomic E-state index is -0.774. The SMILES string of the molecule is COc1cccc2cc(C(=O)Nc3cccc(-c4cccn4C(=O)OC(C)(C)C)c3)c(=O)oc12. The average molecular weight is 460 g/mol. The molecule has 174 valence electrons. The fourth-order valence-electron chi connectivity index (χ4n) is 3.48. The highest BCUT2D eigenvalue weighted by atomic mass is 16.6. The minimum absolute atomic E-state index is 0.136. The van der Waals surface area contributed by atoms with E-state index in [-0.39, 0.29) is 11.1 Å². The van der Waals surface area contributed by atoms with Crippen LogP contribution in [0.4, 0.5) is 10.5 Å². The number of ether oxygens (including phenoxy) is 2. The maximum atomic E-state index is 12.9. The van der Waals surface area contributed by atoms with E-state index >= 15 is 0 Å². The van der Waals surface area contributed by atoms with E-state index in [1.807, 2.05) is 6.07 Å². The second kappa shape index (κ2) is 8.90. The summed E-state index contributed by atoms with van der Waals surface area (Å²) in [6, 6.07) is 17.1. The van der Waals surface area contributed by atoms with E-state index in [9.17, 15) is 14.4 Å². The van der Waals surface area contributed by atoms with Gasteiger partial charge in [0.05, 0.1) is 12.8 Å². The van der Waals surface area contributed by atoms with Gasteiger partial charge in [-0.1, -0.05) is 24.3 Å². The first-order chi connectivity index (χ1) is 16.2. The maximum Gasteiger partial charge on any atom is 0.418 e. The second-order valence-electron chi connectivity index (χ2n) is 8.60. The van der Waals surface area contributed by atoms with Crippen molar-refractivity contribution < 1.29 is 23.5 Å². The van der Waals surface area contributed by atoms with Crippen LogP contribution < -0.4 is 15.7 Å². The van der Waals surface area contributed by atoms with Crippen LogP contribution in [0, 0.1) is 0 Å². The summed E-state index contributed by atoms with van der Waals surface area (Å²) in [6.45, 7) is 5.39. The van der Waals surface area contributed by atoms with Gasteiger partial charge in [-0.15, -0.1) is 0 Å². The zero-order chi connectivity index (χ0) is 24.5. The molecule has 2 aromatic heterocycles. The Labute approximate surface area is 195 Å². The molecular formula is C26H24N2O6. The molecule has 0 aliphatic rings. The Bertz CT molecular complexity index is 1440. The van der Waals surface area contributed by atoms with Crippen molar-refractivity contribution in [2.45, 2.75) is 26.4 Å². The molecule has 0 unspecified atom stereocenters. The van der Waals surface area contributed by atoms with Gasteiger partial charge in [-0.2, -0.15) is 0 Å². The first kappa shape index (κ1) is 22.8. The van der Waals surface area contributed by atoms with Crippen molar-refractivity contribution in [1.82, 2.24) is 4.57 Å². The third kappa shape index (κ3) is 4.71. The number of benzene rings is 2. The number of aromatic nitrogens is 1. The van der Waals surface area contributed by atoms with Crippen molar-refractivity contribution >= 4 is 28.7 Å². The number of methoxy groups -OCH3 is 1. The van der Waals surface area contributed by atoms with Crippen LogP contribution in [0.2, 0.25) is 0 Å². The summed E-state index contributed by atoms with van der Waals surface area (Å²) in [4.78, 5) is 37.9. The molecule has 2 heterocycles. The number of rotatable bonds is 4. The summed E-state index contributed by atoms with van der Waals surface area (Å²) in [5, 5.41) is 3.29. The zero-order valence-corrected chi connectivity index (χ0v) is 19.2. The first-order valence-corrected chi connectivity index (χ1v) is 10.6. The lowest BCUT2D eigenvalue weighted by Crippen LogP contribution is -2.27. The van der Waals surface area contributed by atoms with E-state index in [1.54, 1.807) is 75.5 Å². The molecule has 0 atom stereocenters. The largest absolute Gasteiger partial charge is 0.493 e. The van der Waals surface area contributed by atoms with Crippen LogP contribution >= 0.6 is 0 Å². The van der Waals surface area contributed by atoms with Gasteiger partial charge in [0, 0.05) is 22.8 Å². The number of para-hydroxylation sites is 1. The third-order valence-electron chi connectivity index (χ3n) is 4.94. The molecule has 0 spiro atoms. The van der Waals surface area contributed by atoms with Gasteiger partial charge in [-0.3, -0.25) is 9.36 Å². The number of nitrogens with zero attached hydrogens (tertiary/aromatic N) is 1. The number of hydrogen-bond acceptors (Lipinski definition) is 6. The lowest BCUT2D eigenvalue weighted by atomic mass is 10.1. The Morgan fingerprint density at radius 2 is 1.76 bits per heavy atom. The Kier molecular flexibility index (Phi) is 5.98. The van der Waals surface area contributed by atoms with Gasteiger partial charge in [0.1, 0.15) is 11.2 Å². The fourth-order valence-corrected chi connectivity index (χ4v) is 3.48. The van der Waals surface area contributed by atoms with Gasteiger partial charge in [-0.25, -0.2) is 9.59 Å². The Morgan fingerprint density at radius 3 is 2.50 bits per heavy atom. The quantitative estimate of drug-likeness (QED) is 0.415. The predicted molar refractivity (Wildman–Crippen MR) is 128 cm³/mol. The van der Waals surface area contributed by atoms with Gasteiger partial charge >= 0.3 is 11.7 Å². The Morgan fingerprint density at radius 1 is 1.00 bits per heavy atom. The summed E-state index contributed by atoms with van der Waals surface area (Å²) in [5.74, 6) is -0.208. The summed E-state index contributed by atoms with van der Waals surface area (Å²) >= 11 is 0. The van der Waals surface area contributed by atoms with Crippen molar-refractivity contribution in [3.63, 3.8) is 0 Å². The summed E-state index contributed by atoms with van der Waals surface area (Å²) < 4.78 is 17.4. The van der Waals surface area contributed by atoms with E-state index < -0.39 is 23.2 Å². The number of anilines is 1. The van der Waals surface area contributed by atoms with E-state index in [4.69, 9.17) is 13.9 Å². The number of carbonyl (C=O) groups excluding carboxylic acids is 2. The monoisotopic (exact) mass is 460 g/mol. The third-order valence-corrected chi connectivity index (χ3v) is 4.94. The lowest BCUT2D eigenvalue weighted by Gasteiger charge is -2.20.